The van der Waals surface area contributed by atoms with Gasteiger partial charge in [-0.05, 0) is 59.2 Å². The number of ether oxygens (including phenoxy) is 1. The van der Waals surface area contributed by atoms with Crippen LogP contribution in [0.5, 0.6) is 0 Å². The number of carbonyl (C=O) groups excluding carboxylic acids is 1. The van der Waals surface area contributed by atoms with Crippen LogP contribution < -0.4 is 0 Å². The van der Waals surface area contributed by atoms with E-state index in [0.29, 0.717) is 16.7 Å². The van der Waals surface area contributed by atoms with Gasteiger partial charge >= 0.3 is 12.1 Å². The first-order valence-corrected chi connectivity index (χ1v) is 10.8. The fraction of sp³-hybridized carbons (Fsp3) is 0.136. The predicted octanol–water partition coefficient (Wildman–Crippen LogP) is 5.57. The highest BCUT2D eigenvalue weighted by Gasteiger charge is 2.30. The molecule has 0 heterocycles. The maximum Gasteiger partial charge on any atom is 0.416 e. The van der Waals surface area contributed by atoms with E-state index in [0.717, 1.165) is 12.1 Å². The van der Waals surface area contributed by atoms with Crippen LogP contribution in [-0.4, -0.2) is 21.5 Å². The van der Waals surface area contributed by atoms with Crippen molar-refractivity contribution < 1.29 is 31.1 Å². The summed E-state index contributed by atoms with van der Waals surface area (Å²) in [5.41, 5.74) is 0.447. The molecule has 0 radical (unpaired) electrons. The Morgan fingerprint density at radius 1 is 0.935 bits per heavy atom. The summed E-state index contributed by atoms with van der Waals surface area (Å²) < 4.78 is 69.2. The van der Waals surface area contributed by atoms with Gasteiger partial charge in [-0.1, -0.05) is 35.9 Å². The average Bonchev–Trinajstić information content (AvgIpc) is 2.72. The van der Waals surface area contributed by atoms with Crippen LogP contribution in [0.25, 0.3) is 11.1 Å². The third-order valence-electron chi connectivity index (χ3n) is 4.51. The summed E-state index contributed by atoms with van der Waals surface area (Å²) in [5, 5.41) is 0.138. The normalized spacial score (nSPS) is 11.9. The van der Waals surface area contributed by atoms with E-state index in [1.54, 1.807) is 6.07 Å². The molecule has 0 aliphatic carbocycles. The third kappa shape index (κ3) is 5.26. The van der Waals surface area contributed by atoms with Gasteiger partial charge in [0.2, 0.25) is 9.84 Å². The maximum absolute atomic E-state index is 13.1. The second-order valence-electron chi connectivity index (χ2n) is 6.65. The van der Waals surface area contributed by atoms with E-state index in [-0.39, 0.29) is 21.2 Å². The molecule has 0 aliphatic rings. The lowest BCUT2D eigenvalue weighted by atomic mass is 10.0. The quantitative estimate of drug-likeness (QED) is 0.459. The zero-order valence-corrected chi connectivity index (χ0v) is 17.7. The van der Waals surface area contributed by atoms with Crippen LogP contribution >= 0.6 is 11.6 Å². The number of carbonyl (C=O) groups is 1. The highest BCUT2D eigenvalue weighted by Crippen LogP contribution is 2.32. The van der Waals surface area contributed by atoms with Crippen molar-refractivity contribution in [2.45, 2.75) is 22.4 Å². The summed E-state index contributed by atoms with van der Waals surface area (Å²) >= 11 is 6.04. The molecule has 3 aromatic carbocycles. The van der Waals surface area contributed by atoms with E-state index in [2.05, 4.69) is 4.74 Å². The summed E-state index contributed by atoms with van der Waals surface area (Å²) in [6, 6.07) is 14.4. The van der Waals surface area contributed by atoms with Gasteiger partial charge in [0.25, 0.3) is 0 Å². The molecule has 0 saturated carbocycles. The van der Waals surface area contributed by atoms with Crippen LogP contribution in [0.4, 0.5) is 13.2 Å². The molecular weight excluding hydrogens is 453 g/mol. The molecule has 0 saturated heterocycles. The Kier molecular flexibility index (Phi) is 6.43. The Balaban J connectivity index is 1.99. The lowest BCUT2D eigenvalue weighted by molar-refractivity contribution is -0.140. The van der Waals surface area contributed by atoms with Gasteiger partial charge in [0.15, 0.2) is 0 Å². The monoisotopic (exact) mass is 468 g/mol. The molecule has 0 aliphatic heterocycles. The van der Waals surface area contributed by atoms with Crippen molar-refractivity contribution in [1.82, 2.24) is 0 Å². The van der Waals surface area contributed by atoms with Crippen molar-refractivity contribution in [3.63, 3.8) is 0 Å². The van der Waals surface area contributed by atoms with Crippen molar-refractivity contribution >= 4 is 27.4 Å². The SMILES string of the molecule is COC(=O)Cc1cc(Cl)cc(S(=O)(=O)c2cccc(-c3ccc(C(F)(F)F)cc3)c2)c1. The fourth-order valence-corrected chi connectivity index (χ4v) is 4.67. The van der Waals surface area contributed by atoms with Crippen LogP contribution in [0.1, 0.15) is 11.1 Å². The number of sulfone groups is 1. The lowest BCUT2D eigenvalue weighted by Gasteiger charge is -2.11. The first kappa shape index (κ1) is 22.8. The van der Waals surface area contributed by atoms with Crippen molar-refractivity contribution in [2.75, 3.05) is 7.11 Å². The second kappa shape index (κ2) is 8.72. The number of rotatable bonds is 5. The standard InChI is InChI=1S/C22H16ClF3O4S/c1-30-21(27)11-14-9-18(23)13-20(10-14)31(28,29)19-4-2-3-16(12-19)15-5-7-17(8-6-15)22(24,25)26/h2-10,12-13H,11H2,1H3. The minimum Gasteiger partial charge on any atom is -0.469 e. The molecule has 162 valence electrons. The first-order valence-electron chi connectivity index (χ1n) is 8.90. The van der Waals surface area contributed by atoms with Crippen LogP contribution in [-0.2, 0) is 32.0 Å². The van der Waals surface area contributed by atoms with E-state index in [9.17, 15) is 26.4 Å². The number of benzene rings is 3. The molecule has 0 N–H and O–H groups in total. The van der Waals surface area contributed by atoms with Crippen molar-refractivity contribution in [3.8, 4) is 11.1 Å². The molecule has 0 atom stereocenters. The van der Waals surface area contributed by atoms with E-state index in [1.807, 2.05) is 0 Å². The Morgan fingerprint density at radius 2 is 1.61 bits per heavy atom. The summed E-state index contributed by atoms with van der Waals surface area (Å²) in [6.07, 6.45) is -4.61. The molecule has 0 fully saturated rings. The van der Waals surface area contributed by atoms with Crippen LogP contribution in [0.15, 0.2) is 76.5 Å². The van der Waals surface area contributed by atoms with Gasteiger partial charge in [-0.2, -0.15) is 13.2 Å². The van der Waals surface area contributed by atoms with Crippen molar-refractivity contribution in [2.24, 2.45) is 0 Å². The zero-order chi connectivity index (χ0) is 22.8. The minimum absolute atomic E-state index is 0.0591. The molecule has 0 unspecified atom stereocenters. The Hall–Kier alpha value is -2.84. The number of alkyl halides is 3. The molecule has 4 nitrogen and oxygen atoms in total. The largest absolute Gasteiger partial charge is 0.469 e. The second-order valence-corrected chi connectivity index (χ2v) is 9.04. The van der Waals surface area contributed by atoms with E-state index >= 15 is 0 Å². The number of esters is 1. The van der Waals surface area contributed by atoms with Gasteiger partial charge in [0.05, 0.1) is 28.9 Å². The lowest BCUT2D eigenvalue weighted by Crippen LogP contribution is -2.07. The molecule has 3 aromatic rings. The molecule has 9 heteroatoms. The van der Waals surface area contributed by atoms with E-state index in [1.165, 1.54) is 55.6 Å². The van der Waals surface area contributed by atoms with Gasteiger partial charge < -0.3 is 4.74 Å². The topological polar surface area (TPSA) is 60.4 Å². The molecular formula is C22H16ClF3O4S. The van der Waals surface area contributed by atoms with Gasteiger partial charge in [0.1, 0.15) is 0 Å². The van der Waals surface area contributed by atoms with E-state index < -0.39 is 27.5 Å². The zero-order valence-electron chi connectivity index (χ0n) is 16.1. The smallest absolute Gasteiger partial charge is 0.416 e. The molecule has 0 amide bonds. The molecule has 0 bridgehead atoms. The van der Waals surface area contributed by atoms with Crippen LogP contribution in [0.2, 0.25) is 5.02 Å². The fourth-order valence-electron chi connectivity index (χ4n) is 2.95. The molecule has 0 spiro atoms. The Labute approximate surface area is 182 Å². The summed E-state index contributed by atoms with van der Waals surface area (Å²) in [6.45, 7) is 0. The molecule has 0 aromatic heterocycles. The van der Waals surface area contributed by atoms with Gasteiger partial charge in [-0.25, -0.2) is 8.42 Å². The number of halogens is 4. The number of hydrogen-bond donors (Lipinski definition) is 0. The molecule has 3 rings (SSSR count). The van der Waals surface area contributed by atoms with E-state index in [4.69, 9.17) is 11.6 Å². The number of hydrogen-bond acceptors (Lipinski definition) is 4. The summed E-state index contributed by atoms with van der Waals surface area (Å²) in [5.74, 6) is -0.546. The third-order valence-corrected chi connectivity index (χ3v) is 6.46. The van der Waals surface area contributed by atoms with Crippen LogP contribution in [0.3, 0.4) is 0 Å². The van der Waals surface area contributed by atoms with Gasteiger partial charge in [-0.3, -0.25) is 4.79 Å². The van der Waals surface area contributed by atoms with Crippen molar-refractivity contribution in [3.05, 3.63) is 82.9 Å². The molecule has 31 heavy (non-hydrogen) atoms. The van der Waals surface area contributed by atoms with Gasteiger partial charge in [0, 0.05) is 5.02 Å². The average molecular weight is 469 g/mol. The van der Waals surface area contributed by atoms with Crippen molar-refractivity contribution in [1.29, 1.82) is 0 Å². The highest BCUT2D eigenvalue weighted by molar-refractivity contribution is 7.91. The summed E-state index contributed by atoms with van der Waals surface area (Å²) in [4.78, 5) is 11.4. The Morgan fingerprint density at radius 3 is 2.23 bits per heavy atom. The first-order chi connectivity index (χ1) is 14.5. The number of methoxy groups -OCH3 is 1. The predicted molar refractivity (Wildman–Crippen MR) is 110 cm³/mol. The minimum atomic E-state index is -4.46. The van der Waals surface area contributed by atoms with Gasteiger partial charge in [-0.15, -0.1) is 0 Å². The summed E-state index contributed by atoms with van der Waals surface area (Å²) in [7, 11) is -2.79. The Bertz CT molecular complexity index is 1220. The highest BCUT2D eigenvalue weighted by atomic mass is 35.5. The maximum atomic E-state index is 13.1. The van der Waals surface area contributed by atoms with Crippen LogP contribution in [0, 0.1) is 0 Å².